The van der Waals surface area contributed by atoms with Gasteiger partial charge < -0.3 is 30.7 Å². The number of anilines is 1. The topological polar surface area (TPSA) is 212 Å². The number of benzene rings is 2. The van der Waals surface area contributed by atoms with E-state index in [1.165, 1.54) is 55.9 Å². The minimum absolute atomic E-state index is 0.0266. The van der Waals surface area contributed by atoms with Crippen molar-refractivity contribution in [3.8, 4) is 0 Å². The molecule has 1 fully saturated rings. The highest BCUT2D eigenvalue weighted by Gasteiger charge is 2.55. The molecule has 2 aromatic carbocycles. The summed E-state index contributed by atoms with van der Waals surface area (Å²) in [5.74, 6) is -3.62. The number of aromatic nitrogens is 4. The molecule has 0 saturated carbocycles. The number of nitrogens with one attached hydrogen (secondary N) is 1. The second kappa shape index (κ2) is 13.2. The third kappa shape index (κ3) is 7.09. The fraction of sp³-hybridized carbons (Fsp3) is 0.323. The van der Waals surface area contributed by atoms with Gasteiger partial charge in [-0.25, -0.2) is 33.8 Å². The molecule has 2 aromatic heterocycles. The Labute approximate surface area is 267 Å². The molecular formula is C31H32FN7O8. The molecule has 16 heteroatoms. The summed E-state index contributed by atoms with van der Waals surface area (Å²) in [4.78, 5) is 65.6. The number of halogens is 1. The molecule has 1 aliphatic rings. The fourth-order valence-electron chi connectivity index (χ4n) is 5.09. The van der Waals surface area contributed by atoms with Gasteiger partial charge in [-0.3, -0.25) is 14.2 Å². The molecule has 3 amide bonds. The zero-order chi connectivity index (χ0) is 34.0. The smallest absolute Gasteiger partial charge is 0.417 e. The number of imidazole rings is 1. The Morgan fingerprint density at radius 1 is 1.09 bits per heavy atom. The third-order valence-electron chi connectivity index (χ3n) is 7.19. The Hall–Kier alpha value is -5.32. The van der Waals surface area contributed by atoms with E-state index < -0.39 is 65.8 Å². The Morgan fingerprint density at radius 3 is 2.40 bits per heavy atom. The van der Waals surface area contributed by atoms with Gasteiger partial charge in [-0.15, -0.1) is 0 Å². The minimum atomic E-state index is -1.94. The van der Waals surface area contributed by atoms with Crippen LogP contribution in [0.2, 0.25) is 0 Å². The highest BCUT2D eigenvalue weighted by Crippen LogP contribution is 2.36. The third-order valence-corrected chi connectivity index (χ3v) is 7.19. The van der Waals surface area contributed by atoms with E-state index in [9.17, 15) is 33.8 Å². The van der Waals surface area contributed by atoms with Crippen LogP contribution in [0.15, 0.2) is 67.3 Å². The number of carbonyl (C=O) groups is 4. The largest absolute Gasteiger partial charge is 0.479 e. The first kappa shape index (κ1) is 33.1. The van der Waals surface area contributed by atoms with Gasteiger partial charge in [0.15, 0.2) is 29.3 Å². The average molecular weight is 650 g/mol. The molecule has 246 valence electrons. The summed E-state index contributed by atoms with van der Waals surface area (Å²) in [5.41, 5.74) is 6.02. The Morgan fingerprint density at radius 2 is 1.77 bits per heavy atom. The number of hydrogen-bond acceptors (Lipinski definition) is 11. The van der Waals surface area contributed by atoms with E-state index in [0.29, 0.717) is 16.0 Å². The predicted molar refractivity (Wildman–Crippen MR) is 162 cm³/mol. The number of rotatable bonds is 8. The molecule has 0 aliphatic carbocycles. The van der Waals surface area contributed by atoms with Crippen LogP contribution in [0.25, 0.3) is 11.2 Å². The fourth-order valence-corrected chi connectivity index (χ4v) is 5.09. The van der Waals surface area contributed by atoms with Crippen molar-refractivity contribution in [3.63, 3.8) is 0 Å². The first-order chi connectivity index (χ1) is 22.2. The molecule has 15 nitrogen and oxygen atoms in total. The van der Waals surface area contributed by atoms with Crippen molar-refractivity contribution in [2.75, 3.05) is 5.32 Å². The highest BCUT2D eigenvalue weighted by atomic mass is 19.1. The number of imide groups is 1. The predicted octanol–water partition coefficient (Wildman–Crippen LogP) is 2.26. The Balaban J connectivity index is 1.48. The van der Waals surface area contributed by atoms with Crippen molar-refractivity contribution in [2.45, 2.75) is 63.3 Å². The van der Waals surface area contributed by atoms with Crippen LogP contribution in [0.5, 0.6) is 0 Å². The van der Waals surface area contributed by atoms with Gasteiger partial charge in [-0.1, -0.05) is 30.3 Å². The molecular weight excluding hydrogens is 617 g/mol. The summed E-state index contributed by atoms with van der Waals surface area (Å²) < 4.78 is 25.8. The van der Waals surface area contributed by atoms with E-state index in [1.807, 2.05) is 0 Å². The van der Waals surface area contributed by atoms with Crippen molar-refractivity contribution < 1.29 is 43.3 Å². The lowest BCUT2D eigenvalue weighted by molar-refractivity contribution is -0.154. The van der Waals surface area contributed by atoms with Crippen LogP contribution in [0.4, 0.5) is 15.0 Å². The van der Waals surface area contributed by atoms with Crippen LogP contribution in [0.3, 0.4) is 0 Å². The van der Waals surface area contributed by atoms with Crippen molar-refractivity contribution in [1.82, 2.24) is 24.4 Å². The summed E-state index contributed by atoms with van der Waals surface area (Å²) in [5, 5.41) is 24.4. The van der Waals surface area contributed by atoms with Crippen LogP contribution in [0, 0.1) is 5.82 Å². The maximum absolute atomic E-state index is 13.8. The molecule has 1 saturated heterocycles. The van der Waals surface area contributed by atoms with Crippen molar-refractivity contribution in [1.29, 1.82) is 0 Å². The Bertz CT molecular complexity index is 1800. The maximum atomic E-state index is 13.8. The van der Waals surface area contributed by atoms with E-state index in [0.717, 1.165) is 6.33 Å². The van der Waals surface area contributed by atoms with E-state index in [2.05, 4.69) is 20.3 Å². The summed E-state index contributed by atoms with van der Waals surface area (Å²) >= 11 is 0. The number of carbonyl (C=O) groups excluding carboxylic acids is 3. The van der Waals surface area contributed by atoms with Crippen LogP contribution in [-0.2, 0) is 25.5 Å². The first-order valence-corrected chi connectivity index (χ1v) is 14.4. The second-order valence-corrected chi connectivity index (χ2v) is 11.8. The highest BCUT2D eigenvalue weighted by molar-refractivity contribution is 6.06. The Kier molecular flexibility index (Phi) is 9.28. The van der Waals surface area contributed by atoms with Gasteiger partial charge in [0.05, 0.1) is 12.4 Å². The molecule has 5 atom stereocenters. The van der Waals surface area contributed by atoms with Crippen molar-refractivity contribution in [2.24, 2.45) is 5.73 Å². The lowest BCUT2D eigenvalue weighted by Crippen LogP contribution is -2.59. The molecule has 0 spiro atoms. The van der Waals surface area contributed by atoms with Gasteiger partial charge in [0.25, 0.3) is 5.91 Å². The summed E-state index contributed by atoms with van der Waals surface area (Å²) in [6.45, 7) is 4.61. The maximum Gasteiger partial charge on any atom is 0.417 e. The molecule has 5 N–H and O–H groups in total. The summed E-state index contributed by atoms with van der Waals surface area (Å²) in [7, 11) is 0. The number of ether oxygens (including phenoxy) is 2. The van der Waals surface area contributed by atoms with Crippen LogP contribution in [0.1, 0.15) is 42.9 Å². The normalized spacial score (nSPS) is 20.0. The number of carboxylic acid groups (broad SMARTS) is 1. The zero-order valence-corrected chi connectivity index (χ0v) is 25.5. The molecule has 1 unspecified atom stereocenters. The van der Waals surface area contributed by atoms with Gasteiger partial charge in [0.2, 0.25) is 5.91 Å². The number of hydrogen-bond donors (Lipinski definition) is 4. The zero-order valence-electron chi connectivity index (χ0n) is 25.5. The first-order valence-electron chi connectivity index (χ1n) is 14.4. The van der Waals surface area contributed by atoms with Crippen LogP contribution >= 0.6 is 0 Å². The molecule has 3 heterocycles. The average Bonchev–Trinajstić information content (AvgIpc) is 3.59. The minimum Gasteiger partial charge on any atom is -0.479 e. The number of aliphatic carboxylic acids is 1. The number of nitrogens with two attached hydrogens (primary N) is 1. The standard InChI is InChI=1S/C31H32FN7O8/c1-31(2,3)47-30(45)39(27(42)19(33)13-16-9-11-18(32)12-10-16)21-22(40)28(46-23(21)29(43)44)38-15-36-20-24(34-14-35-25(20)38)37-26(41)17-7-5-4-6-8-17/h4-12,14-15,19,21-23,28,40H,13,33H2,1-3H3,(H,43,44)(H,34,35,37,41)/t19?,21-,22+,23-,28+/m0/s1. The van der Waals surface area contributed by atoms with Gasteiger partial charge in [-0.05, 0) is 57.0 Å². The van der Waals surface area contributed by atoms with Gasteiger partial charge in [-0.2, -0.15) is 0 Å². The van der Waals surface area contributed by atoms with Crippen LogP contribution in [-0.4, -0.2) is 88.4 Å². The number of aliphatic hydroxyl groups excluding tert-OH is 1. The molecule has 4 aromatic rings. The number of carboxylic acids is 1. The SMILES string of the molecule is CC(C)(C)OC(=O)N(C(=O)C(N)Cc1ccc(F)cc1)[C@H]1[C@@H](O)[C@H](n2cnc3c(NC(=O)c4ccccc4)ncnc32)O[C@@H]1C(=O)O. The monoisotopic (exact) mass is 649 g/mol. The van der Waals surface area contributed by atoms with Gasteiger partial charge in [0.1, 0.15) is 29.9 Å². The summed E-state index contributed by atoms with van der Waals surface area (Å²) in [6.07, 6.45) is -4.44. The molecule has 1 aliphatic heterocycles. The molecule has 0 radical (unpaired) electrons. The van der Waals surface area contributed by atoms with Crippen molar-refractivity contribution >= 4 is 40.9 Å². The lowest BCUT2D eigenvalue weighted by atomic mass is 10.0. The van der Waals surface area contributed by atoms with Crippen LogP contribution < -0.4 is 11.1 Å². The molecule has 5 rings (SSSR count). The quantitative estimate of drug-likeness (QED) is 0.216. The van der Waals surface area contributed by atoms with E-state index in [1.54, 1.807) is 30.3 Å². The number of aliphatic hydroxyl groups is 1. The molecule has 0 bridgehead atoms. The lowest BCUT2D eigenvalue weighted by Gasteiger charge is -2.34. The number of amides is 3. The number of nitrogens with zero attached hydrogens (tertiary/aromatic N) is 5. The van der Waals surface area contributed by atoms with Crippen molar-refractivity contribution in [3.05, 3.63) is 84.2 Å². The molecule has 47 heavy (non-hydrogen) atoms. The number of fused-ring (bicyclic) bond motifs is 1. The van der Waals surface area contributed by atoms with Gasteiger partial charge >= 0.3 is 12.1 Å². The van der Waals surface area contributed by atoms with E-state index >= 15 is 0 Å². The summed E-state index contributed by atoms with van der Waals surface area (Å²) in [6, 6.07) is 10.3. The van der Waals surface area contributed by atoms with Gasteiger partial charge in [0, 0.05) is 5.56 Å². The van der Waals surface area contributed by atoms with E-state index in [-0.39, 0.29) is 23.4 Å². The second-order valence-electron chi connectivity index (χ2n) is 11.8. The van der Waals surface area contributed by atoms with E-state index in [4.69, 9.17) is 15.2 Å².